The summed E-state index contributed by atoms with van der Waals surface area (Å²) in [5, 5.41) is 0. The maximum atomic E-state index is 3.82. The molecule has 30 heavy (non-hydrogen) atoms. The van der Waals surface area contributed by atoms with E-state index in [0.29, 0.717) is 3.63 Å². The minimum atomic E-state index is -3.49. The van der Waals surface area contributed by atoms with Crippen LogP contribution >= 0.6 is 15.9 Å². The maximum absolute atomic E-state index is 3.82. The summed E-state index contributed by atoms with van der Waals surface area (Å²) >= 11 is 0.327. The number of hydrogen-bond acceptors (Lipinski definition) is 0. The van der Waals surface area contributed by atoms with E-state index in [9.17, 15) is 0 Å². The molecular formula is C28H23BrZr. The monoisotopic (exact) mass is 528 g/mol. The van der Waals surface area contributed by atoms with E-state index in [1.165, 1.54) is 31.0 Å². The normalized spacial score (nSPS) is 15.5. The van der Waals surface area contributed by atoms with Crippen LogP contribution in [0.15, 0.2) is 119 Å². The zero-order chi connectivity index (χ0) is 20.6. The molecule has 0 spiro atoms. The van der Waals surface area contributed by atoms with Gasteiger partial charge in [0.15, 0.2) is 0 Å². The molecule has 0 radical (unpaired) electrons. The van der Waals surface area contributed by atoms with Gasteiger partial charge in [0, 0.05) is 0 Å². The topological polar surface area (TPSA) is 0 Å². The number of allylic oxidation sites excluding steroid dienone is 1. The standard InChI is InChI=1S/C10H8Br.3C6H5.Zr/c1-7-5-8-3-2-4-10(11)9(8)6-7;3*1-2-4-6-5-3-1;/h2-6H,1H3;3*1-5H;. The first-order valence-electron chi connectivity index (χ1n) is 10.4. The fourth-order valence-corrected chi connectivity index (χ4v) is 19.5. The predicted octanol–water partition coefficient (Wildman–Crippen LogP) is 6.04. The quantitative estimate of drug-likeness (QED) is 0.302. The molecule has 0 nitrogen and oxygen atoms in total. The van der Waals surface area contributed by atoms with Gasteiger partial charge in [-0.2, -0.15) is 0 Å². The van der Waals surface area contributed by atoms with Gasteiger partial charge in [-0.15, -0.1) is 0 Å². The minimum absolute atomic E-state index is 0.416. The van der Waals surface area contributed by atoms with Crippen molar-refractivity contribution in [2.24, 2.45) is 0 Å². The summed E-state index contributed by atoms with van der Waals surface area (Å²) in [4.78, 5) is 0. The Morgan fingerprint density at radius 2 is 1.07 bits per heavy atom. The molecule has 2 heteroatoms. The molecule has 1 aliphatic carbocycles. The molecule has 0 aliphatic heterocycles. The van der Waals surface area contributed by atoms with E-state index in [1.54, 1.807) is 0 Å². The summed E-state index contributed by atoms with van der Waals surface area (Å²) in [7, 11) is 0. The average molecular weight is 531 g/mol. The Kier molecular flexibility index (Phi) is 5.48. The van der Waals surface area contributed by atoms with Crippen LogP contribution in [-0.4, -0.2) is 0 Å². The third kappa shape index (κ3) is 3.13. The molecule has 0 fully saturated rings. The van der Waals surface area contributed by atoms with E-state index in [-0.39, 0.29) is 0 Å². The SMILES string of the molecule is CC1=Cc2c(Br)cccc2[CH]1[Zr]([c]1ccccc1)([c]1ccccc1)[c]1ccccc1. The second kappa shape index (κ2) is 8.25. The summed E-state index contributed by atoms with van der Waals surface area (Å²) in [5.41, 5.74) is 4.29. The van der Waals surface area contributed by atoms with E-state index in [0.717, 1.165) is 0 Å². The Morgan fingerprint density at radius 3 is 1.53 bits per heavy atom. The number of benzene rings is 4. The second-order valence-electron chi connectivity index (χ2n) is 7.97. The first kappa shape index (κ1) is 19.9. The Balaban J connectivity index is 1.92. The number of hydrogen-bond donors (Lipinski definition) is 0. The fourth-order valence-electron chi connectivity index (χ4n) is 5.19. The van der Waals surface area contributed by atoms with Crippen LogP contribution in [0.3, 0.4) is 0 Å². The second-order valence-corrected chi connectivity index (χ2v) is 18.5. The zero-order valence-corrected chi connectivity index (χ0v) is 21.0. The number of rotatable bonds is 4. The van der Waals surface area contributed by atoms with Gasteiger partial charge in [0.2, 0.25) is 0 Å². The van der Waals surface area contributed by atoms with Crippen LogP contribution in [0.4, 0.5) is 0 Å². The summed E-state index contributed by atoms with van der Waals surface area (Å²) in [6.45, 7) is 2.33. The van der Waals surface area contributed by atoms with Crippen molar-refractivity contribution in [1.82, 2.24) is 0 Å². The van der Waals surface area contributed by atoms with E-state index in [4.69, 9.17) is 0 Å². The van der Waals surface area contributed by atoms with E-state index in [1.807, 2.05) is 0 Å². The van der Waals surface area contributed by atoms with Crippen molar-refractivity contribution < 1.29 is 20.3 Å². The molecule has 0 saturated heterocycles. The van der Waals surface area contributed by atoms with Crippen LogP contribution in [0, 0.1) is 0 Å². The van der Waals surface area contributed by atoms with Crippen molar-refractivity contribution in [2.45, 2.75) is 10.5 Å². The first-order valence-corrected chi connectivity index (χ1v) is 16.3. The molecule has 1 aliphatic rings. The molecule has 4 aromatic rings. The molecule has 4 aromatic carbocycles. The Bertz CT molecular complexity index is 1100. The van der Waals surface area contributed by atoms with Crippen LogP contribution in [0.5, 0.6) is 0 Å². The zero-order valence-electron chi connectivity index (χ0n) is 16.9. The van der Waals surface area contributed by atoms with Gasteiger partial charge in [0.1, 0.15) is 0 Å². The van der Waals surface area contributed by atoms with Crippen LogP contribution in [-0.2, 0) is 20.3 Å². The van der Waals surface area contributed by atoms with Gasteiger partial charge in [-0.1, -0.05) is 0 Å². The molecule has 1 atom stereocenters. The summed E-state index contributed by atoms with van der Waals surface area (Å²) in [6, 6.07) is 40.6. The van der Waals surface area contributed by atoms with Gasteiger partial charge in [-0.05, 0) is 0 Å². The third-order valence-electron chi connectivity index (χ3n) is 6.35. The molecular weight excluding hydrogens is 507 g/mol. The number of halogens is 1. The van der Waals surface area contributed by atoms with Crippen molar-refractivity contribution in [1.29, 1.82) is 0 Å². The van der Waals surface area contributed by atoms with Crippen molar-refractivity contribution in [3.8, 4) is 0 Å². The van der Waals surface area contributed by atoms with Gasteiger partial charge < -0.3 is 0 Å². The van der Waals surface area contributed by atoms with Gasteiger partial charge in [0.05, 0.1) is 0 Å². The van der Waals surface area contributed by atoms with Gasteiger partial charge in [-0.3, -0.25) is 0 Å². The van der Waals surface area contributed by atoms with Crippen molar-refractivity contribution in [2.75, 3.05) is 0 Å². The van der Waals surface area contributed by atoms with E-state index >= 15 is 0 Å². The average Bonchev–Trinajstić information content (AvgIpc) is 3.15. The van der Waals surface area contributed by atoms with Gasteiger partial charge in [0.25, 0.3) is 0 Å². The third-order valence-corrected chi connectivity index (χ3v) is 20.2. The van der Waals surface area contributed by atoms with E-state index < -0.39 is 20.3 Å². The molecule has 5 rings (SSSR count). The summed E-state index contributed by atoms with van der Waals surface area (Å²) < 4.78 is 6.18. The number of fused-ring (bicyclic) bond motifs is 1. The molecule has 0 amide bonds. The summed E-state index contributed by atoms with van der Waals surface area (Å²) in [5.74, 6) is 0. The Hall–Kier alpha value is -2.02. The van der Waals surface area contributed by atoms with E-state index in [2.05, 4.69) is 138 Å². The summed E-state index contributed by atoms with van der Waals surface area (Å²) in [6.07, 6.45) is 2.41. The first-order chi connectivity index (χ1) is 14.7. The Morgan fingerprint density at radius 1 is 0.600 bits per heavy atom. The van der Waals surface area contributed by atoms with Crippen LogP contribution in [0.1, 0.15) is 21.7 Å². The molecule has 1 unspecified atom stereocenters. The predicted molar refractivity (Wildman–Crippen MR) is 129 cm³/mol. The van der Waals surface area contributed by atoms with Crippen molar-refractivity contribution in [3.63, 3.8) is 0 Å². The molecule has 0 heterocycles. The van der Waals surface area contributed by atoms with Crippen molar-refractivity contribution in [3.05, 3.63) is 130 Å². The molecule has 0 N–H and O–H groups in total. The fraction of sp³-hybridized carbons (Fsp3) is 0.0714. The van der Waals surface area contributed by atoms with Gasteiger partial charge >= 0.3 is 193 Å². The molecule has 0 saturated carbocycles. The van der Waals surface area contributed by atoms with Crippen LogP contribution in [0.2, 0.25) is 0 Å². The molecule has 0 bridgehead atoms. The van der Waals surface area contributed by atoms with Crippen LogP contribution in [0.25, 0.3) is 6.08 Å². The van der Waals surface area contributed by atoms with Gasteiger partial charge in [-0.25, -0.2) is 0 Å². The van der Waals surface area contributed by atoms with Crippen LogP contribution < -0.4 is 9.81 Å². The molecule has 146 valence electrons. The van der Waals surface area contributed by atoms with Crippen molar-refractivity contribution >= 4 is 31.8 Å². The molecule has 0 aromatic heterocycles. The Labute approximate surface area is 191 Å².